The van der Waals surface area contributed by atoms with E-state index in [9.17, 15) is 9.59 Å². The van der Waals surface area contributed by atoms with Gasteiger partial charge in [-0.25, -0.2) is 0 Å². The highest BCUT2D eigenvalue weighted by molar-refractivity contribution is 5.90. The molecule has 0 radical (unpaired) electrons. The molecule has 1 aromatic carbocycles. The van der Waals surface area contributed by atoms with Crippen LogP contribution in [0.15, 0.2) is 24.3 Å². The minimum atomic E-state index is -0.539. The van der Waals surface area contributed by atoms with Crippen molar-refractivity contribution < 1.29 is 14.3 Å². The largest absolute Gasteiger partial charge is 0.484 e. The summed E-state index contributed by atoms with van der Waals surface area (Å²) in [5.74, 6) is -0.122. The molecule has 0 heterocycles. The van der Waals surface area contributed by atoms with Gasteiger partial charge in [0.15, 0.2) is 6.61 Å². The summed E-state index contributed by atoms with van der Waals surface area (Å²) in [5.41, 5.74) is 5.58. The molecule has 0 fully saturated rings. The van der Waals surface area contributed by atoms with Gasteiger partial charge in [-0.05, 0) is 12.1 Å². The first-order chi connectivity index (χ1) is 7.61. The summed E-state index contributed by atoms with van der Waals surface area (Å²) in [4.78, 5) is 21.6. The Labute approximate surface area is 93.6 Å². The molecule has 3 N–H and O–H groups in total. The molecule has 5 nitrogen and oxygen atoms in total. The van der Waals surface area contributed by atoms with Crippen molar-refractivity contribution >= 4 is 17.5 Å². The van der Waals surface area contributed by atoms with Crippen LogP contribution in [0.2, 0.25) is 0 Å². The number of anilines is 1. The monoisotopic (exact) mass is 222 g/mol. The van der Waals surface area contributed by atoms with Crippen molar-refractivity contribution in [2.24, 2.45) is 5.73 Å². The summed E-state index contributed by atoms with van der Waals surface area (Å²) >= 11 is 0. The second kappa shape index (κ2) is 5.75. The van der Waals surface area contributed by atoms with E-state index in [1.165, 1.54) is 0 Å². The zero-order valence-electron chi connectivity index (χ0n) is 9.03. The van der Waals surface area contributed by atoms with Crippen LogP contribution in [-0.2, 0) is 9.59 Å². The number of nitrogens with one attached hydrogen (secondary N) is 1. The molecule has 0 aromatic heterocycles. The van der Waals surface area contributed by atoms with Crippen LogP contribution in [0.5, 0.6) is 5.75 Å². The van der Waals surface area contributed by atoms with Gasteiger partial charge in [0, 0.05) is 18.2 Å². The Hall–Kier alpha value is -2.04. The number of amides is 2. The molecule has 0 atom stereocenters. The summed E-state index contributed by atoms with van der Waals surface area (Å²) < 4.78 is 5.10. The van der Waals surface area contributed by atoms with E-state index in [0.29, 0.717) is 17.9 Å². The first-order valence-corrected chi connectivity index (χ1v) is 4.93. The molecule has 86 valence electrons. The molecular weight excluding hydrogens is 208 g/mol. The highest BCUT2D eigenvalue weighted by Crippen LogP contribution is 2.17. The van der Waals surface area contributed by atoms with Crippen molar-refractivity contribution in [2.45, 2.75) is 13.3 Å². The fraction of sp³-hybridized carbons (Fsp3) is 0.273. The average Bonchev–Trinajstić information content (AvgIpc) is 2.26. The number of primary amides is 1. The Morgan fingerprint density at radius 2 is 2.19 bits per heavy atom. The Morgan fingerprint density at radius 1 is 1.44 bits per heavy atom. The minimum absolute atomic E-state index is 0.0768. The molecule has 5 heteroatoms. The highest BCUT2D eigenvalue weighted by atomic mass is 16.5. The molecular formula is C11H14N2O3. The lowest BCUT2D eigenvalue weighted by Crippen LogP contribution is -2.20. The Balaban J connectivity index is 2.63. The van der Waals surface area contributed by atoms with E-state index in [0.717, 1.165) is 0 Å². The van der Waals surface area contributed by atoms with E-state index in [2.05, 4.69) is 5.32 Å². The predicted octanol–water partition coefficient (Wildman–Crippen LogP) is 0.899. The topological polar surface area (TPSA) is 81.4 Å². The van der Waals surface area contributed by atoms with Crippen LogP contribution < -0.4 is 15.8 Å². The van der Waals surface area contributed by atoms with Gasteiger partial charge in [0.25, 0.3) is 5.91 Å². The molecule has 0 aliphatic heterocycles. The second-order valence-corrected chi connectivity index (χ2v) is 3.18. The number of rotatable bonds is 5. The third kappa shape index (κ3) is 4.00. The van der Waals surface area contributed by atoms with Gasteiger partial charge < -0.3 is 15.8 Å². The van der Waals surface area contributed by atoms with Gasteiger partial charge in [-0.15, -0.1) is 0 Å². The van der Waals surface area contributed by atoms with Gasteiger partial charge in [-0.2, -0.15) is 0 Å². The Kier molecular flexibility index (Phi) is 4.32. The van der Waals surface area contributed by atoms with Gasteiger partial charge in [-0.3, -0.25) is 9.59 Å². The number of benzene rings is 1. The average molecular weight is 222 g/mol. The van der Waals surface area contributed by atoms with Crippen LogP contribution in [-0.4, -0.2) is 18.4 Å². The summed E-state index contributed by atoms with van der Waals surface area (Å²) in [6.45, 7) is 1.59. The van der Waals surface area contributed by atoms with Crippen LogP contribution in [0.3, 0.4) is 0 Å². The SMILES string of the molecule is CCC(=O)Nc1cccc(OCC(N)=O)c1. The Morgan fingerprint density at radius 3 is 2.81 bits per heavy atom. The number of hydrogen-bond donors (Lipinski definition) is 2. The quantitative estimate of drug-likeness (QED) is 0.776. The van der Waals surface area contributed by atoms with Crippen molar-refractivity contribution in [3.05, 3.63) is 24.3 Å². The highest BCUT2D eigenvalue weighted by Gasteiger charge is 2.01. The summed E-state index contributed by atoms with van der Waals surface area (Å²) in [6, 6.07) is 6.79. The van der Waals surface area contributed by atoms with Gasteiger partial charge in [0.2, 0.25) is 5.91 Å². The zero-order valence-corrected chi connectivity index (χ0v) is 9.03. The Bertz CT molecular complexity index is 391. The van der Waals surface area contributed by atoms with Crippen molar-refractivity contribution in [1.82, 2.24) is 0 Å². The molecule has 0 aliphatic rings. The van der Waals surface area contributed by atoms with Crippen LogP contribution in [0.1, 0.15) is 13.3 Å². The van der Waals surface area contributed by atoms with E-state index in [4.69, 9.17) is 10.5 Å². The smallest absolute Gasteiger partial charge is 0.255 e. The molecule has 0 bridgehead atoms. The fourth-order valence-corrected chi connectivity index (χ4v) is 1.07. The lowest BCUT2D eigenvalue weighted by molar-refractivity contribution is -0.120. The van der Waals surface area contributed by atoms with Gasteiger partial charge in [0.1, 0.15) is 5.75 Å². The molecule has 0 saturated carbocycles. The molecule has 2 amide bonds. The second-order valence-electron chi connectivity index (χ2n) is 3.18. The number of nitrogens with two attached hydrogens (primary N) is 1. The summed E-state index contributed by atoms with van der Waals surface area (Å²) in [7, 11) is 0. The van der Waals surface area contributed by atoms with Crippen LogP contribution in [0, 0.1) is 0 Å². The van der Waals surface area contributed by atoms with Crippen LogP contribution in [0.4, 0.5) is 5.69 Å². The van der Waals surface area contributed by atoms with E-state index < -0.39 is 5.91 Å². The lowest BCUT2D eigenvalue weighted by Gasteiger charge is -2.07. The van der Waals surface area contributed by atoms with Gasteiger partial charge in [-0.1, -0.05) is 13.0 Å². The predicted molar refractivity (Wildman–Crippen MR) is 60.1 cm³/mol. The van der Waals surface area contributed by atoms with Gasteiger partial charge in [0.05, 0.1) is 0 Å². The minimum Gasteiger partial charge on any atom is -0.484 e. The lowest BCUT2D eigenvalue weighted by atomic mass is 10.3. The first-order valence-electron chi connectivity index (χ1n) is 4.93. The molecule has 16 heavy (non-hydrogen) atoms. The molecule has 0 spiro atoms. The molecule has 0 aliphatic carbocycles. The number of carbonyl (C=O) groups is 2. The maximum Gasteiger partial charge on any atom is 0.255 e. The van der Waals surface area contributed by atoms with Crippen molar-refractivity contribution in [1.29, 1.82) is 0 Å². The van der Waals surface area contributed by atoms with Crippen molar-refractivity contribution in [3.8, 4) is 5.75 Å². The van der Waals surface area contributed by atoms with Crippen LogP contribution >= 0.6 is 0 Å². The fourth-order valence-electron chi connectivity index (χ4n) is 1.07. The van der Waals surface area contributed by atoms with Gasteiger partial charge >= 0.3 is 0 Å². The first kappa shape index (κ1) is 12.0. The number of carbonyl (C=O) groups excluding carboxylic acids is 2. The molecule has 1 rings (SSSR count). The summed E-state index contributed by atoms with van der Waals surface area (Å²) in [5, 5.41) is 2.68. The number of hydrogen-bond acceptors (Lipinski definition) is 3. The third-order valence-corrected chi connectivity index (χ3v) is 1.82. The standard InChI is InChI=1S/C11H14N2O3/c1-2-11(15)13-8-4-3-5-9(6-8)16-7-10(12)14/h3-6H,2,7H2,1H3,(H2,12,14)(H,13,15). The number of ether oxygens (including phenoxy) is 1. The normalized spacial score (nSPS) is 9.56. The maximum atomic E-state index is 11.1. The van der Waals surface area contributed by atoms with Crippen molar-refractivity contribution in [3.63, 3.8) is 0 Å². The van der Waals surface area contributed by atoms with Crippen molar-refractivity contribution in [2.75, 3.05) is 11.9 Å². The van der Waals surface area contributed by atoms with E-state index >= 15 is 0 Å². The van der Waals surface area contributed by atoms with E-state index in [-0.39, 0.29) is 12.5 Å². The third-order valence-electron chi connectivity index (χ3n) is 1.82. The molecule has 0 saturated heterocycles. The summed E-state index contributed by atoms with van der Waals surface area (Å²) in [6.07, 6.45) is 0.409. The van der Waals surface area contributed by atoms with E-state index in [1.807, 2.05) is 0 Å². The van der Waals surface area contributed by atoms with Crippen LogP contribution in [0.25, 0.3) is 0 Å². The molecule has 0 unspecified atom stereocenters. The van der Waals surface area contributed by atoms with E-state index in [1.54, 1.807) is 31.2 Å². The molecule has 1 aromatic rings. The maximum absolute atomic E-state index is 11.1. The zero-order chi connectivity index (χ0) is 12.0.